The van der Waals surface area contributed by atoms with Crippen LogP contribution in [0.15, 0.2) is 42.5 Å². The first-order valence-electron chi connectivity index (χ1n) is 6.94. The number of ether oxygens (including phenoxy) is 1. The highest BCUT2D eigenvalue weighted by Gasteiger charge is 2.12. The van der Waals surface area contributed by atoms with E-state index in [4.69, 9.17) is 10.5 Å². The molecule has 0 aromatic heterocycles. The zero-order chi connectivity index (χ0) is 15.2. The van der Waals surface area contributed by atoms with Gasteiger partial charge in [0.25, 0.3) is 0 Å². The van der Waals surface area contributed by atoms with Crippen molar-refractivity contribution in [3.63, 3.8) is 0 Å². The van der Waals surface area contributed by atoms with Crippen LogP contribution in [-0.4, -0.2) is 12.6 Å². The van der Waals surface area contributed by atoms with Crippen molar-refractivity contribution in [1.29, 1.82) is 0 Å². The Labute approximate surface area is 123 Å². The molecular weight excluding hydrogens is 272 g/mol. The minimum atomic E-state index is -0.551. The number of hydrogen-bond acceptors (Lipinski definition) is 2. The van der Waals surface area contributed by atoms with Gasteiger partial charge in [-0.1, -0.05) is 18.2 Å². The lowest BCUT2D eigenvalue weighted by molar-refractivity contribution is 0.296. The summed E-state index contributed by atoms with van der Waals surface area (Å²) in [6.45, 7) is 2.40. The first kappa shape index (κ1) is 15.4. The fourth-order valence-electron chi connectivity index (χ4n) is 2.12. The normalized spacial score (nSPS) is 12.2. The van der Waals surface area contributed by atoms with Gasteiger partial charge in [-0.05, 0) is 49.6 Å². The smallest absolute Gasteiger partial charge is 0.129 e. The van der Waals surface area contributed by atoms with Crippen molar-refractivity contribution in [3.05, 3.63) is 65.2 Å². The molecule has 1 unspecified atom stereocenters. The third-order valence-corrected chi connectivity index (χ3v) is 3.27. The van der Waals surface area contributed by atoms with Gasteiger partial charge in [0.15, 0.2) is 0 Å². The van der Waals surface area contributed by atoms with Crippen molar-refractivity contribution in [1.82, 2.24) is 0 Å². The van der Waals surface area contributed by atoms with Gasteiger partial charge in [-0.3, -0.25) is 0 Å². The fourth-order valence-corrected chi connectivity index (χ4v) is 2.12. The molecule has 0 bridgehead atoms. The molecule has 2 N–H and O–H groups in total. The molecule has 2 aromatic carbocycles. The summed E-state index contributed by atoms with van der Waals surface area (Å²) in [5.41, 5.74) is 7.08. The van der Waals surface area contributed by atoms with Gasteiger partial charge in [0.05, 0.1) is 6.61 Å². The molecule has 0 heterocycles. The summed E-state index contributed by atoms with van der Waals surface area (Å²) >= 11 is 0. The summed E-state index contributed by atoms with van der Waals surface area (Å²) in [4.78, 5) is 0. The van der Waals surface area contributed by atoms with E-state index in [9.17, 15) is 8.78 Å². The molecule has 0 amide bonds. The highest BCUT2D eigenvalue weighted by molar-refractivity contribution is 5.27. The highest BCUT2D eigenvalue weighted by Crippen LogP contribution is 2.16. The molecule has 0 aliphatic heterocycles. The molecule has 0 radical (unpaired) electrons. The standard InChI is InChI=1S/C17H19F2NO/c1-12-4-2-5-14(10-12)21-9-8-13(20)11-15-16(18)6-3-7-17(15)19/h2-7,10,13H,8-9,11,20H2,1H3. The Kier molecular flexibility index (Phi) is 5.28. The zero-order valence-corrected chi connectivity index (χ0v) is 12.0. The highest BCUT2D eigenvalue weighted by atomic mass is 19.1. The van der Waals surface area contributed by atoms with E-state index in [1.54, 1.807) is 0 Å². The Morgan fingerprint density at radius 2 is 1.76 bits per heavy atom. The molecule has 2 rings (SSSR count). The quantitative estimate of drug-likeness (QED) is 0.882. The van der Waals surface area contributed by atoms with Crippen molar-refractivity contribution in [2.24, 2.45) is 5.73 Å². The van der Waals surface area contributed by atoms with Crippen LogP contribution in [-0.2, 0) is 6.42 Å². The molecule has 0 saturated carbocycles. The van der Waals surface area contributed by atoms with Gasteiger partial charge in [-0.25, -0.2) is 8.78 Å². The van der Waals surface area contributed by atoms with Gasteiger partial charge < -0.3 is 10.5 Å². The second-order valence-corrected chi connectivity index (χ2v) is 5.12. The predicted molar refractivity (Wildman–Crippen MR) is 79.3 cm³/mol. The summed E-state index contributed by atoms with van der Waals surface area (Å²) in [7, 11) is 0. The third-order valence-electron chi connectivity index (χ3n) is 3.27. The SMILES string of the molecule is Cc1cccc(OCCC(N)Cc2c(F)cccc2F)c1. The van der Waals surface area contributed by atoms with Gasteiger partial charge in [0, 0.05) is 11.6 Å². The summed E-state index contributed by atoms with van der Waals surface area (Å²) < 4.78 is 32.6. The van der Waals surface area contributed by atoms with E-state index < -0.39 is 11.6 Å². The summed E-state index contributed by atoms with van der Waals surface area (Å²) in [5, 5.41) is 0. The number of aryl methyl sites for hydroxylation is 1. The van der Waals surface area contributed by atoms with E-state index in [0.717, 1.165) is 11.3 Å². The van der Waals surface area contributed by atoms with Crippen molar-refractivity contribution in [2.45, 2.75) is 25.8 Å². The van der Waals surface area contributed by atoms with E-state index in [0.29, 0.717) is 13.0 Å². The lowest BCUT2D eigenvalue weighted by Gasteiger charge is -2.14. The molecular formula is C17H19F2NO. The van der Waals surface area contributed by atoms with Crippen LogP contribution in [0.5, 0.6) is 5.75 Å². The van der Waals surface area contributed by atoms with Gasteiger partial charge in [0.2, 0.25) is 0 Å². The van der Waals surface area contributed by atoms with Crippen molar-refractivity contribution < 1.29 is 13.5 Å². The van der Waals surface area contributed by atoms with E-state index in [1.807, 2.05) is 31.2 Å². The van der Waals surface area contributed by atoms with Gasteiger partial charge in [0.1, 0.15) is 17.4 Å². The van der Waals surface area contributed by atoms with Gasteiger partial charge >= 0.3 is 0 Å². The second-order valence-electron chi connectivity index (χ2n) is 5.12. The summed E-state index contributed by atoms with van der Waals surface area (Å²) in [5.74, 6) is -0.325. The van der Waals surface area contributed by atoms with Crippen LogP contribution in [0.4, 0.5) is 8.78 Å². The van der Waals surface area contributed by atoms with Crippen LogP contribution in [0.1, 0.15) is 17.5 Å². The Balaban J connectivity index is 1.84. The maximum Gasteiger partial charge on any atom is 0.129 e. The van der Waals surface area contributed by atoms with Crippen LogP contribution in [0, 0.1) is 18.6 Å². The molecule has 0 spiro atoms. The van der Waals surface area contributed by atoms with Gasteiger partial charge in [-0.15, -0.1) is 0 Å². The first-order valence-corrected chi connectivity index (χ1v) is 6.94. The molecule has 0 fully saturated rings. The topological polar surface area (TPSA) is 35.2 Å². The van der Waals surface area contributed by atoms with Crippen molar-refractivity contribution in [3.8, 4) is 5.75 Å². The van der Waals surface area contributed by atoms with Gasteiger partial charge in [-0.2, -0.15) is 0 Å². The van der Waals surface area contributed by atoms with E-state index in [2.05, 4.69) is 0 Å². The average molecular weight is 291 g/mol. The van der Waals surface area contributed by atoms with Crippen molar-refractivity contribution >= 4 is 0 Å². The molecule has 2 aromatic rings. The first-order chi connectivity index (χ1) is 10.1. The van der Waals surface area contributed by atoms with Crippen LogP contribution >= 0.6 is 0 Å². The molecule has 2 nitrogen and oxygen atoms in total. The lowest BCUT2D eigenvalue weighted by Crippen LogP contribution is -2.26. The minimum absolute atomic E-state index is 0.0422. The number of benzene rings is 2. The predicted octanol–water partition coefficient (Wildman–Crippen LogP) is 3.61. The molecule has 112 valence electrons. The summed E-state index contributed by atoms with van der Waals surface area (Å²) in [6.07, 6.45) is 0.692. The Morgan fingerprint density at radius 1 is 1.10 bits per heavy atom. The summed E-state index contributed by atoms with van der Waals surface area (Å²) in [6, 6.07) is 11.2. The Bertz CT molecular complexity index is 581. The van der Waals surface area contributed by atoms with E-state index in [1.165, 1.54) is 18.2 Å². The maximum atomic E-state index is 13.5. The molecule has 0 aliphatic carbocycles. The lowest BCUT2D eigenvalue weighted by atomic mass is 10.0. The fraction of sp³-hybridized carbons (Fsp3) is 0.294. The van der Waals surface area contributed by atoms with Crippen molar-refractivity contribution in [2.75, 3.05) is 6.61 Å². The number of nitrogens with two attached hydrogens (primary N) is 1. The zero-order valence-electron chi connectivity index (χ0n) is 12.0. The Morgan fingerprint density at radius 3 is 2.43 bits per heavy atom. The van der Waals surface area contributed by atoms with Crippen LogP contribution < -0.4 is 10.5 Å². The number of rotatable bonds is 6. The molecule has 0 saturated heterocycles. The average Bonchev–Trinajstić information content (AvgIpc) is 2.43. The molecule has 4 heteroatoms. The monoisotopic (exact) mass is 291 g/mol. The number of halogens is 2. The third kappa shape index (κ3) is 4.53. The maximum absolute atomic E-state index is 13.5. The van der Waals surface area contributed by atoms with Crippen LogP contribution in [0.2, 0.25) is 0 Å². The van der Waals surface area contributed by atoms with Crippen LogP contribution in [0.3, 0.4) is 0 Å². The molecule has 21 heavy (non-hydrogen) atoms. The van der Waals surface area contributed by atoms with E-state index >= 15 is 0 Å². The minimum Gasteiger partial charge on any atom is -0.494 e. The largest absolute Gasteiger partial charge is 0.494 e. The second kappa shape index (κ2) is 7.18. The Hall–Kier alpha value is -1.94. The molecule has 0 aliphatic rings. The molecule has 1 atom stereocenters. The van der Waals surface area contributed by atoms with E-state index in [-0.39, 0.29) is 18.0 Å². The number of hydrogen-bond donors (Lipinski definition) is 1. The van der Waals surface area contributed by atoms with Crippen LogP contribution in [0.25, 0.3) is 0 Å².